The van der Waals surface area contributed by atoms with E-state index in [9.17, 15) is 17.6 Å². The SMILES string of the molecule is CCC1=Cc2c(cnn2-c2ccc(F)cc2)C(C(=O)NC(CC)c2cc(S(C)(=O)=O)cn2C)=CC1. The number of benzene rings is 1. The highest BCUT2D eigenvalue weighted by molar-refractivity contribution is 7.90. The number of fused-ring (bicyclic) bond motifs is 1. The van der Waals surface area contributed by atoms with E-state index in [-0.39, 0.29) is 22.7 Å². The molecule has 1 aromatic carbocycles. The first-order valence-corrected chi connectivity index (χ1v) is 13.4. The first-order chi connectivity index (χ1) is 16.6. The summed E-state index contributed by atoms with van der Waals surface area (Å²) in [5, 5.41) is 7.58. The van der Waals surface area contributed by atoms with Gasteiger partial charge in [-0.25, -0.2) is 17.5 Å². The maximum atomic E-state index is 13.5. The predicted molar refractivity (Wildman–Crippen MR) is 134 cm³/mol. The van der Waals surface area contributed by atoms with Crippen molar-refractivity contribution in [3.8, 4) is 5.69 Å². The molecule has 1 aliphatic carbocycles. The molecular formula is C26H29FN4O3S. The van der Waals surface area contributed by atoms with E-state index < -0.39 is 9.84 Å². The molecule has 0 spiro atoms. The van der Waals surface area contributed by atoms with Crippen LogP contribution in [-0.2, 0) is 21.7 Å². The summed E-state index contributed by atoms with van der Waals surface area (Å²) < 4.78 is 40.9. The summed E-state index contributed by atoms with van der Waals surface area (Å²) in [6.45, 7) is 4.00. The van der Waals surface area contributed by atoms with Gasteiger partial charge in [0.2, 0.25) is 0 Å². The fraction of sp³-hybridized carbons (Fsp3) is 0.308. The van der Waals surface area contributed by atoms with Gasteiger partial charge in [-0.05, 0) is 55.7 Å². The van der Waals surface area contributed by atoms with E-state index in [1.54, 1.807) is 46.9 Å². The minimum absolute atomic E-state index is 0.219. The third kappa shape index (κ3) is 5.00. The number of aryl methyl sites for hydroxylation is 1. The molecule has 0 saturated carbocycles. The van der Waals surface area contributed by atoms with Gasteiger partial charge < -0.3 is 9.88 Å². The van der Waals surface area contributed by atoms with Gasteiger partial charge in [-0.15, -0.1) is 0 Å². The number of halogens is 1. The van der Waals surface area contributed by atoms with Gasteiger partial charge in [0.1, 0.15) is 5.82 Å². The predicted octanol–water partition coefficient (Wildman–Crippen LogP) is 4.60. The number of carbonyl (C=O) groups is 1. The summed E-state index contributed by atoms with van der Waals surface area (Å²) in [6, 6.07) is 7.30. The van der Waals surface area contributed by atoms with Crippen LogP contribution in [0.2, 0.25) is 0 Å². The Balaban J connectivity index is 1.69. The molecule has 0 bridgehead atoms. The summed E-state index contributed by atoms with van der Waals surface area (Å²) in [5.41, 5.74) is 4.51. The van der Waals surface area contributed by atoms with E-state index in [0.29, 0.717) is 35.4 Å². The van der Waals surface area contributed by atoms with Crippen LogP contribution in [0.1, 0.15) is 56.1 Å². The van der Waals surface area contributed by atoms with Gasteiger partial charge in [0, 0.05) is 36.3 Å². The van der Waals surface area contributed by atoms with Crippen molar-refractivity contribution in [3.05, 3.63) is 77.1 Å². The summed E-state index contributed by atoms with van der Waals surface area (Å²) in [4.78, 5) is 13.8. The van der Waals surface area contributed by atoms with Crippen molar-refractivity contribution < 1.29 is 17.6 Å². The number of nitrogens with zero attached hydrogens (tertiary/aromatic N) is 3. The van der Waals surface area contributed by atoms with Crippen LogP contribution in [-0.4, -0.2) is 34.9 Å². The van der Waals surface area contributed by atoms with Crippen LogP contribution < -0.4 is 5.32 Å². The average Bonchev–Trinajstić information content (AvgIpc) is 3.35. The van der Waals surface area contributed by atoms with Gasteiger partial charge in [0.05, 0.1) is 28.5 Å². The van der Waals surface area contributed by atoms with Gasteiger partial charge in [0.15, 0.2) is 9.84 Å². The Kier molecular flexibility index (Phi) is 6.80. The third-order valence-electron chi connectivity index (χ3n) is 6.29. The van der Waals surface area contributed by atoms with Crippen LogP contribution in [0.25, 0.3) is 17.3 Å². The van der Waals surface area contributed by atoms with Crippen LogP contribution in [0, 0.1) is 5.82 Å². The molecule has 1 aliphatic rings. The highest BCUT2D eigenvalue weighted by Gasteiger charge is 2.25. The zero-order chi connectivity index (χ0) is 25.3. The molecule has 2 aromatic heterocycles. The quantitative estimate of drug-likeness (QED) is 0.518. The van der Waals surface area contributed by atoms with Crippen molar-refractivity contribution in [2.24, 2.45) is 7.05 Å². The van der Waals surface area contributed by atoms with Crippen molar-refractivity contribution in [2.45, 2.75) is 44.0 Å². The largest absolute Gasteiger partial charge is 0.351 e. The molecule has 3 aromatic rings. The van der Waals surface area contributed by atoms with Crippen molar-refractivity contribution in [1.29, 1.82) is 0 Å². The standard InChI is InChI=1S/C26H29FN4O3S/c1-5-17-7-12-21(22-15-28-31(24(22)13-17)19-10-8-18(27)9-11-19)26(32)29-23(6-2)25-14-20(16-30(25)3)35(4,33)34/h8-16,23H,5-7H2,1-4H3,(H,29,32). The van der Waals surface area contributed by atoms with Gasteiger partial charge >= 0.3 is 0 Å². The van der Waals surface area contributed by atoms with Gasteiger partial charge in [-0.3, -0.25) is 4.79 Å². The molecule has 1 unspecified atom stereocenters. The summed E-state index contributed by atoms with van der Waals surface area (Å²) in [7, 11) is -1.59. The number of carbonyl (C=O) groups excluding carboxylic acids is 1. The Hall–Kier alpha value is -3.46. The second-order valence-electron chi connectivity index (χ2n) is 8.73. The van der Waals surface area contributed by atoms with Gasteiger partial charge in [-0.2, -0.15) is 5.10 Å². The van der Waals surface area contributed by atoms with Crippen LogP contribution >= 0.6 is 0 Å². The topological polar surface area (TPSA) is 86.0 Å². The summed E-state index contributed by atoms with van der Waals surface area (Å²) >= 11 is 0. The highest BCUT2D eigenvalue weighted by Crippen LogP contribution is 2.31. The number of hydrogen-bond donors (Lipinski definition) is 1. The second kappa shape index (κ2) is 9.65. The molecule has 184 valence electrons. The normalized spacial score (nSPS) is 14.5. The molecule has 0 aliphatic heterocycles. The number of hydrogen-bond acceptors (Lipinski definition) is 4. The molecule has 1 N–H and O–H groups in total. The fourth-order valence-electron chi connectivity index (χ4n) is 4.27. The first kappa shape index (κ1) is 24.7. The van der Waals surface area contributed by atoms with Crippen LogP contribution in [0.15, 0.2) is 59.3 Å². The zero-order valence-corrected chi connectivity index (χ0v) is 21.1. The fourth-order valence-corrected chi connectivity index (χ4v) is 4.95. The van der Waals surface area contributed by atoms with Crippen LogP contribution in [0.4, 0.5) is 4.39 Å². The molecule has 4 rings (SSSR count). The Morgan fingerprint density at radius 2 is 1.94 bits per heavy atom. The minimum Gasteiger partial charge on any atom is -0.351 e. The van der Waals surface area contributed by atoms with Crippen molar-refractivity contribution >= 4 is 27.4 Å². The Morgan fingerprint density at radius 3 is 2.54 bits per heavy atom. The van der Waals surface area contributed by atoms with Crippen molar-refractivity contribution in [3.63, 3.8) is 0 Å². The molecule has 0 saturated heterocycles. The second-order valence-corrected chi connectivity index (χ2v) is 10.7. The molecule has 1 amide bonds. The maximum absolute atomic E-state index is 13.5. The average molecular weight is 497 g/mol. The molecule has 9 heteroatoms. The summed E-state index contributed by atoms with van der Waals surface area (Å²) in [5.74, 6) is -0.591. The van der Waals surface area contributed by atoms with Gasteiger partial charge in [0.25, 0.3) is 5.91 Å². The van der Waals surface area contributed by atoms with Crippen molar-refractivity contribution in [1.82, 2.24) is 19.7 Å². The lowest BCUT2D eigenvalue weighted by Crippen LogP contribution is -2.30. The highest BCUT2D eigenvalue weighted by atomic mass is 32.2. The third-order valence-corrected chi connectivity index (χ3v) is 7.37. The number of aromatic nitrogens is 3. The molecule has 0 fully saturated rings. The van der Waals surface area contributed by atoms with Crippen LogP contribution in [0.3, 0.4) is 0 Å². The lowest BCUT2D eigenvalue weighted by atomic mass is 10.0. The lowest BCUT2D eigenvalue weighted by Gasteiger charge is -2.19. The first-order valence-electron chi connectivity index (χ1n) is 11.5. The smallest absolute Gasteiger partial charge is 0.252 e. The lowest BCUT2D eigenvalue weighted by molar-refractivity contribution is -0.116. The molecule has 1 atom stereocenters. The minimum atomic E-state index is -3.36. The molecule has 0 radical (unpaired) electrons. The number of amides is 1. The number of nitrogens with one attached hydrogen (secondary N) is 1. The molecule has 2 heterocycles. The summed E-state index contributed by atoms with van der Waals surface area (Å²) in [6.07, 6.45) is 10.4. The Morgan fingerprint density at radius 1 is 1.23 bits per heavy atom. The van der Waals surface area contributed by atoms with E-state index in [2.05, 4.69) is 17.3 Å². The molecule has 35 heavy (non-hydrogen) atoms. The van der Waals surface area contributed by atoms with E-state index >= 15 is 0 Å². The number of allylic oxidation sites excluding steroid dienone is 2. The Labute approximate surface area is 204 Å². The molecule has 7 nitrogen and oxygen atoms in total. The molecular weight excluding hydrogens is 467 g/mol. The number of sulfone groups is 1. The van der Waals surface area contributed by atoms with Crippen molar-refractivity contribution in [2.75, 3.05) is 6.26 Å². The van der Waals surface area contributed by atoms with E-state index in [0.717, 1.165) is 17.7 Å². The van der Waals surface area contributed by atoms with E-state index in [1.807, 2.05) is 19.1 Å². The maximum Gasteiger partial charge on any atom is 0.252 e. The van der Waals surface area contributed by atoms with E-state index in [1.165, 1.54) is 18.4 Å². The van der Waals surface area contributed by atoms with E-state index in [4.69, 9.17) is 0 Å². The monoisotopic (exact) mass is 496 g/mol. The zero-order valence-electron chi connectivity index (χ0n) is 20.2. The van der Waals surface area contributed by atoms with Crippen LogP contribution in [0.5, 0.6) is 0 Å². The van der Waals surface area contributed by atoms with Gasteiger partial charge in [-0.1, -0.05) is 25.5 Å². The number of rotatable bonds is 7. The Bertz CT molecular complexity index is 1430.